The number of pyridine rings is 1. The minimum absolute atomic E-state index is 0.00666. The van der Waals surface area contributed by atoms with Crippen LogP contribution < -0.4 is 10.2 Å². The fourth-order valence-corrected chi connectivity index (χ4v) is 4.45. The van der Waals surface area contributed by atoms with Crippen molar-refractivity contribution in [3.8, 4) is 11.1 Å². The Labute approximate surface area is 229 Å². The van der Waals surface area contributed by atoms with E-state index in [1.807, 2.05) is 6.07 Å². The fraction of sp³-hybridized carbons (Fsp3) is 0.138. The second-order valence-electron chi connectivity index (χ2n) is 8.87. The number of hydrogen-bond acceptors (Lipinski definition) is 5. The van der Waals surface area contributed by atoms with Crippen LogP contribution in [0.5, 0.6) is 0 Å². The highest BCUT2D eigenvalue weighted by Gasteiger charge is 2.58. The summed E-state index contributed by atoms with van der Waals surface area (Å²) in [4.78, 5) is 31.1. The Morgan fingerprint density at radius 1 is 0.825 bits per heavy atom. The van der Waals surface area contributed by atoms with Gasteiger partial charge in [-0.2, -0.15) is 17.2 Å². The average molecular weight is 568 g/mol. The van der Waals surface area contributed by atoms with Crippen molar-refractivity contribution in [2.45, 2.75) is 24.3 Å². The van der Waals surface area contributed by atoms with E-state index in [1.54, 1.807) is 61.5 Å². The molecule has 0 spiro atoms. The van der Waals surface area contributed by atoms with E-state index < -0.39 is 39.4 Å². The van der Waals surface area contributed by atoms with Crippen molar-refractivity contribution in [2.24, 2.45) is 0 Å². The molecular weight excluding hydrogens is 543 g/mol. The van der Waals surface area contributed by atoms with Crippen LogP contribution in [0.25, 0.3) is 11.1 Å². The molecule has 2 amide bonds. The van der Waals surface area contributed by atoms with E-state index in [1.165, 1.54) is 48.8 Å². The minimum Gasteiger partial charge on any atom is -0.347 e. The molecule has 0 saturated heterocycles. The number of carbonyl (C=O) groups excluding carboxylic acids is 2. The van der Waals surface area contributed by atoms with Gasteiger partial charge in [-0.1, -0.05) is 82.7 Å². The van der Waals surface area contributed by atoms with Gasteiger partial charge >= 0.3 is 21.4 Å². The zero-order valence-corrected chi connectivity index (χ0v) is 21.9. The zero-order valence-electron chi connectivity index (χ0n) is 21.1. The first-order valence-corrected chi connectivity index (χ1v) is 13.5. The minimum atomic E-state index is -6.69. The van der Waals surface area contributed by atoms with Gasteiger partial charge in [0.2, 0.25) is 5.91 Å². The van der Waals surface area contributed by atoms with Crippen molar-refractivity contribution in [3.05, 3.63) is 121 Å². The van der Waals surface area contributed by atoms with E-state index in [9.17, 15) is 30.7 Å². The fourth-order valence-electron chi connectivity index (χ4n) is 4.15. The first kappa shape index (κ1) is 28.5. The number of halogens is 3. The van der Waals surface area contributed by atoms with Gasteiger partial charge < -0.3 is 5.32 Å². The molecular formula is C29H24F3N3O4S. The third kappa shape index (κ3) is 6.04. The molecule has 4 rings (SSSR count). The largest absolute Gasteiger partial charge is 0.451 e. The maximum Gasteiger partial charge on any atom is 0.451 e. The molecule has 3 aromatic carbocycles. The second-order valence-corrected chi connectivity index (χ2v) is 10.3. The number of nitrogens with zero attached hydrogens (tertiary/aromatic N) is 2. The number of carbonyl (C=O) groups is 2. The number of rotatable bonds is 9. The van der Waals surface area contributed by atoms with Crippen molar-refractivity contribution >= 4 is 27.7 Å². The van der Waals surface area contributed by atoms with Crippen LogP contribution >= 0.6 is 0 Å². The molecule has 0 aliphatic carbocycles. The summed E-state index contributed by atoms with van der Waals surface area (Å²) in [6, 6.07) is 23.6. The smallest absolute Gasteiger partial charge is 0.347 e. The Hall–Kier alpha value is -4.51. The lowest BCUT2D eigenvalue weighted by Gasteiger charge is -2.33. The lowest BCUT2D eigenvalue weighted by Crippen LogP contribution is -2.52. The van der Waals surface area contributed by atoms with E-state index in [0.717, 1.165) is 5.56 Å². The first-order chi connectivity index (χ1) is 19.0. The molecule has 1 N–H and O–H groups in total. The molecule has 206 valence electrons. The van der Waals surface area contributed by atoms with Crippen LogP contribution in [0.3, 0.4) is 0 Å². The molecule has 0 bridgehead atoms. The lowest BCUT2D eigenvalue weighted by atomic mass is 10.0. The summed E-state index contributed by atoms with van der Waals surface area (Å²) in [5.74, 6) is -3.35. The summed E-state index contributed by atoms with van der Waals surface area (Å²) in [5.41, 5.74) is 1.85. The van der Waals surface area contributed by atoms with Gasteiger partial charge in [-0.3, -0.25) is 19.5 Å². The molecule has 0 fully saturated rings. The maximum atomic E-state index is 14.8. The Balaban J connectivity index is 1.84. The van der Waals surface area contributed by atoms with Crippen molar-refractivity contribution in [1.82, 2.24) is 10.3 Å². The molecule has 1 heterocycles. The molecule has 40 heavy (non-hydrogen) atoms. The van der Waals surface area contributed by atoms with Gasteiger partial charge in [0.05, 0.1) is 6.04 Å². The molecule has 11 heteroatoms. The molecule has 0 saturated carbocycles. The topological polar surface area (TPSA) is 96.4 Å². The van der Waals surface area contributed by atoms with Crippen LogP contribution in [0.15, 0.2) is 109 Å². The van der Waals surface area contributed by atoms with Gasteiger partial charge in [0.1, 0.15) is 6.04 Å². The quantitative estimate of drug-likeness (QED) is 0.266. The van der Waals surface area contributed by atoms with Crippen LogP contribution in [0, 0.1) is 0 Å². The predicted octanol–water partition coefficient (Wildman–Crippen LogP) is 5.59. The number of amides is 2. The van der Waals surface area contributed by atoms with E-state index in [0.29, 0.717) is 11.1 Å². The summed E-state index contributed by atoms with van der Waals surface area (Å²) < 4.78 is 66.0. The molecule has 2 atom stereocenters. The van der Waals surface area contributed by atoms with Crippen molar-refractivity contribution in [3.63, 3.8) is 0 Å². The van der Waals surface area contributed by atoms with E-state index in [4.69, 9.17) is 0 Å². The molecule has 4 aromatic rings. The monoisotopic (exact) mass is 567 g/mol. The Morgan fingerprint density at radius 3 is 1.93 bits per heavy atom. The number of alkyl halides is 2. The summed E-state index contributed by atoms with van der Waals surface area (Å²) in [6.07, 6.45) is 2.55. The molecule has 0 radical (unpaired) electrons. The van der Waals surface area contributed by atoms with Gasteiger partial charge in [0, 0.05) is 23.6 Å². The summed E-state index contributed by atoms with van der Waals surface area (Å²) in [5, 5.41) is -2.80. The van der Waals surface area contributed by atoms with Crippen molar-refractivity contribution in [2.75, 3.05) is 4.90 Å². The van der Waals surface area contributed by atoms with Crippen molar-refractivity contribution in [1.29, 1.82) is 0 Å². The van der Waals surface area contributed by atoms with Crippen LogP contribution in [0.2, 0.25) is 0 Å². The van der Waals surface area contributed by atoms with Crippen LogP contribution in [0.4, 0.5) is 18.4 Å². The Morgan fingerprint density at radius 2 is 1.38 bits per heavy atom. The SMILES string of the molecule is C[C@H](NC(=O)C(c1cccnc1)N(C(=O)C(F)(F)S(=O)(=O)F)c1ccc(-c2ccccc2)cc1)c1ccccc1. The van der Waals surface area contributed by atoms with E-state index >= 15 is 0 Å². The number of aromatic nitrogens is 1. The number of anilines is 1. The van der Waals surface area contributed by atoms with E-state index in [2.05, 4.69) is 10.3 Å². The van der Waals surface area contributed by atoms with Crippen LogP contribution in [-0.2, 0) is 19.8 Å². The second kappa shape index (κ2) is 11.7. The lowest BCUT2D eigenvalue weighted by molar-refractivity contribution is -0.136. The molecule has 0 aliphatic rings. The van der Waals surface area contributed by atoms with Gasteiger partial charge in [0.25, 0.3) is 0 Å². The Bertz CT molecular complexity index is 1570. The molecule has 1 unspecified atom stereocenters. The van der Waals surface area contributed by atoms with Crippen LogP contribution in [-0.4, -0.2) is 30.5 Å². The number of nitrogens with one attached hydrogen (secondary N) is 1. The third-order valence-electron chi connectivity index (χ3n) is 6.19. The molecule has 1 aromatic heterocycles. The normalized spacial score (nSPS) is 13.2. The molecule has 7 nitrogen and oxygen atoms in total. The van der Waals surface area contributed by atoms with E-state index in [-0.39, 0.29) is 16.2 Å². The standard InChI is InChI=1S/C29H24F3N3O4S/c1-20(21-9-4-2-5-10-21)34-27(36)26(24-13-8-18-33-19-24)35(28(37)29(30,31)40(32,38)39)25-16-14-23(15-17-25)22-11-6-3-7-12-22/h2-20,26H,1H3,(H,34,36)/t20-,26?/m0/s1. The summed E-state index contributed by atoms with van der Waals surface area (Å²) in [6.45, 7) is 1.65. The van der Waals surface area contributed by atoms with Gasteiger partial charge in [-0.25, -0.2) is 0 Å². The predicted molar refractivity (Wildman–Crippen MR) is 144 cm³/mol. The zero-order chi connectivity index (χ0) is 28.9. The maximum absolute atomic E-state index is 14.8. The Kier molecular flexibility index (Phi) is 8.34. The van der Waals surface area contributed by atoms with Gasteiger partial charge in [0.15, 0.2) is 0 Å². The van der Waals surface area contributed by atoms with Crippen molar-refractivity contribution < 1.29 is 30.7 Å². The van der Waals surface area contributed by atoms with Gasteiger partial charge in [-0.05, 0) is 41.8 Å². The number of benzene rings is 3. The molecule has 0 aliphatic heterocycles. The van der Waals surface area contributed by atoms with Gasteiger partial charge in [-0.15, -0.1) is 0 Å². The summed E-state index contributed by atoms with van der Waals surface area (Å²) >= 11 is 0. The average Bonchev–Trinajstić information content (AvgIpc) is 2.96. The van der Waals surface area contributed by atoms with Crippen LogP contribution in [0.1, 0.15) is 30.1 Å². The highest BCUT2D eigenvalue weighted by molar-refractivity contribution is 7.88. The highest BCUT2D eigenvalue weighted by Crippen LogP contribution is 2.36. The first-order valence-electron chi connectivity index (χ1n) is 12.1. The third-order valence-corrected chi connectivity index (χ3v) is 6.98. The highest BCUT2D eigenvalue weighted by atomic mass is 32.3. The number of hydrogen-bond donors (Lipinski definition) is 1. The summed E-state index contributed by atoms with van der Waals surface area (Å²) in [7, 11) is -6.69.